The summed E-state index contributed by atoms with van der Waals surface area (Å²) in [7, 11) is 0. The van der Waals surface area contributed by atoms with Gasteiger partial charge in [-0.3, -0.25) is 0 Å². The minimum atomic E-state index is -0.508. The van der Waals surface area contributed by atoms with E-state index in [1.54, 1.807) is 6.07 Å². The van der Waals surface area contributed by atoms with Crippen LogP contribution in [0.2, 0.25) is 0 Å². The van der Waals surface area contributed by atoms with Gasteiger partial charge in [-0.25, -0.2) is 4.79 Å². The minimum absolute atomic E-state index is 0.00243. The summed E-state index contributed by atoms with van der Waals surface area (Å²) in [6, 6.07) is 5.45. The Morgan fingerprint density at radius 1 is 1.43 bits per heavy atom. The molecule has 5 heteroatoms. The van der Waals surface area contributed by atoms with E-state index in [0.29, 0.717) is 12.4 Å². The molecule has 1 aromatic rings. The number of nitrogens with one attached hydrogen (secondary N) is 1. The second-order valence-electron chi connectivity index (χ2n) is 6.22. The van der Waals surface area contributed by atoms with Gasteiger partial charge in [0, 0.05) is 17.5 Å². The van der Waals surface area contributed by atoms with Crippen LogP contribution < -0.4 is 10.1 Å². The molecule has 0 spiro atoms. The molecule has 1 aliphatic rings. The lowest BCUT2D eigenvalue weighted by Gasteiger charge is -2.19. The summed E-state index contributed by atoms with van der Waals surface area (Å²) in [6.07, 6.45) is 0.373. The lowest BCUT2D eigenvalue weighted by Crippen LogP contribution is -2.34. The van der Waals surface area contributed by atoms with Gasteiger partial charge >= 0.3 is 6.09 Å². The average Bonchev–Trinajstić information content (AvgIpc) is 3.08. The summed E-state index contributed by atoms with van der Waals surface area (Å²) in [5.74, 6) is 0.758. The molecule has 0 radical (unpaired) electrons. The third kappa shape index (κ3) is 4.03. The first-order valence-electron chi connectivity index (χ1n) is 7.26. The Kier molecular flexibility index (Phi) is 4.30. The SMILES string of the molecule is CCOc1cccc([C@@H]2C[C@H]2NC(=O)OC(C)(C)C)c1O. The van der Waals surface area contributed by atoms with E-state index in [4.69, 9.17) is 9.47 Å². The highest BCUT2D eigenvalue weighted by Gasteiger charge is 2.42. The van der Waals surface area contributed by atoms with E-state index >= 15 is 0 Å². The molecule has 1 saturated carbocycles. The number of benzene rings is 1. The van der Waals surface area contributed by atoms with E-state index in [0.717, 1.165) is 12.0 Å². The van der Waals surface area contributed by atoms with E-state index in [1.165, 1.54) is 0 Å². The number of para-hydroxylation sites is 1. The Morgan fingerprint density at radius 3 is 2.76 bits per heavy atom. The molecular formula is C16H23NO4. The van der Waals surface area contributed by atoms with Gasteiger partial charge in [0.15, 0.2) is 11.5 Å². The molecule has 0 aliphatic heterocycles. The third-order valence-corrected chi connectivity index (χ3v) is 3.22. The first kappa shape index (κ1) is 15.5. The zero-order valence-electron chi connectivity index (χ0n) is 13.0. The van der Waals surface area contributed by atoms with Crippen LogP contribution >= 0.6 is 0 Å². The van der Waals surface area contributed by atoms with Crippen LogP contribution in [0.15, 0.2) is 18.2 Å². The maximum absolute atomic E-state index is 11.7. The average molecular weight is 293 g/mol. The number of alkyl carbamates (subject to hydrolysis) is 1. The van der Waals surface area contributed by atoms with Crippen LogP contribution in [0.1, 0.15) is 45.6 Å². The summed E-state index contributed by atoms with van der Waals surface area (Å²) >= 11 is 0. The maximum atomic E-state index is 11.7. The van der Waals surface area contributed by atoms with Crippen molar-refractivity contribution in [3.8, 4) is 11.5 Å². The molecule has 1 fully saturated rings. The number of phenolic OH excluding ortho intramolecular Hbond substituents is 1. The van der Waals surface area contributed by atoms with Crippen LogP contribution in [0.25, 0.3) is 0 Å². The summed E-state index contributed by atoms with van der Waals surface area (Å²) in [6.45, 7) is 7.86. The molecule has 1 amide bonds. The standard InChI is InChI=1S/C16H23NO4/c1-5-20-13-8-6-7-10(14(13)18)11-9-12(11)17-15(19)21-16(2,3)4/h6-8,11-12,18H,5,9H2,1-4H3,(H,17,19)/t11-,12+/m0/s1. The molecule has 0 bridgehead atoms. The van der Waals surface area contributed by atoms with Crippen molar-refractivity contribution >= 4 is 6.09 Å². The molecule has 2 rings (SSSR count). The molecular weight excluding hydrogens is 270 g/mol. The van der Waals surface area contributed by atoms with Crippen LogP contribution in [0.5, 0.6) is 11.5 Å². The van der Waals surface area contributed by atoms with Gasteiger partial charge in [-0.05, 0) is 40.2 Å². The molecule has 5 nitrogen and oxygen atoms in total. The number of hydrogen-bond donors (Lipinski definition) is 2. The molecule has 0 heterocycles. The smallest absolute Gasteiger partial charge is 0.407 e. The fourth-order valence-corrected chi connectivity index (χ4v) is 2.27. The first-order chi connectivity index (χ1) is 9.81. The lowest BCUT2D eigenvalue weighted by atomic mass is 10.1. The van der Waals surface area contributed by atoms with Gasteiger partial charge in [0.1, 0.15) is 5.60 Å². The largest absolute Gasteiger partial charge is 0.504 e. The van der Waals surface area contributed by atoms with Gasteiger partial charge in [-0.2, -0.15) is 0 Å². The molecule has 21 heavy (non-hydrogen) atoms. The zero-order chi connectivity index (χ0) is 15.6. The highest BCUT2D eigenvalue weighted by molar-refractivity contribution is 5.69. The molecule has 0 unspecified atom stereocenters. The molecule has 0 aromatic heterocycles. The second kappa shape index (κ2) is 5.84. The van der Waals surface area contributed by atoms with E-state index < -0.39 is 11.7 Å². The predicted molar refractivity (Wildman–Crippen MR) is 79.8 cm³/mol. The Labute approximate surface area is 125 Å². The van der Waals surface area contributed by atoms with Gasteiger partial charge in [0.2, 0.25) is 0 Å². The van der Waals surface area contributed by atoms with Crippen molar-refractivity contribution in [2.75, 3.05) is 6.61 Å². The Balaban J connectivity index is 1.97. The van der Waals surface area contributed by atoms with Crippen LogP contribution in [0.4, 0.5) is 4.79 Å². The van der Waals surface area contributed by atoms with E-state index in [2.05, 4.69) is 5.32 Å². The van der Waals surface area contributed by atoms with E-state index in [9.17, 15) is 9.90 Å². The van der Waals surface area contributed by atoms with Gasteiger partial charge < -0.3 is 19.9 Å². The Hall–Kier alpha value is -1.91. The monoisotopic (exact) mass is 293 g/mol. The van der Waals surface area contributed by atoms with Crippen molar-refractivity contribution in [3.05, 3.63) is 23.8 Å². The van der Waals surface area contributed by atoms with Gasteiger partial charge in [0.25, 0.3) is 0 Å². The van der Waals surface area contributed by atoms with Crippen LogP contribution in [0.3, 0.4) is 0 Å². The summed E-state index contributed by atoms with van der Waals surface area (Å²) in [5.41, 5.74) is 0.299. The minimum Gasteiger partial charge on any atom is -0.504 e. The van der Waals surface area contributed by atoms with Crippen molar-refractivity contribution in [1.82, 2.24) is 5.32 Å². The number of hydrogen-bond acceptors (Lipinski definition) is 4. The van der Waals surface area contributed by atoms with Gasteiger partial charge in [-0.15, -0.1) is 0 Å². The first-order valence-corrected chi connectivity index (χ1v) is 7.26. The molecule has 0 saturated heterocycles. The summed E-state index contributed by atoms with van der Waals surface area (Å²) in [4.78, 5) is 11.7. The molecule has 1 aromatic carbocycles. The topological polar surface area (TPSA) is 67.8 Å². The number of amides is 1. The molecule has 1 aliphatic carbocycles. The number of phenols is 1. The number of carbonyl (C=O) groups is 1. The van der Waals surface area contributed by atoms with Crippen molar-refractivity contribution in [1.29, 1.82) is 0 Å². The second-order valence-corrected chi connectivity index (χ2v) is 6.22. The van der Waals surface area contributed by atoms with Crippen molar-refractivity contribution in [3.63, 3.8) is 0 Å². The summed E-state index contributed by atoms with van der Waals surface area (Å²) < 4.78 is 10.6. The Morgan fingerprint density at radius 2 is 2.14 bits per heavy atom. The maximum Gasteiger partial charge on any atom is 0.407 e. The fourth-order valence-electron chi connectivity index (χ4n) is 2.27. The quantitative estimate of drug-likeness (QED) is 0.894. The van der Waals surface area contributed by atoms with E-state index in [1.807, 2.05) is 39.8 Å². The number of rotatable bonds is 4. The van der Waals surface area contributed by atoms with E-state index in [-0.39, 0.29) is 17.7 Å². The lowest BCUT2D eigenvalue weighted by molar-refractivity contribution is 0.0522. The number of ether oxygens (including phenoxy) is 2. The van der Waals surface area contributed by atoms with Crippen molar-refractivity contribution in [2.45, 2.75) is 51.7 Å². The van der Waals surface area contributed by atoms with Gasteiger partial charge in [-0.1, -0.05) is 12.1 Å². The van der Waals surface area contributed by atoms with Gasteiger partial charge in [0.05, 0.1) is 6.61 Å². The Bertz CT molecular complexity index is 521. The third-order valence-electron chi connectivity index (χ3n) is 3.22. The van der Waals surface area contributed by atoms with Crippen molar-refractivity contribution < 1.29 is 19.4 Å². The van der Waals surface area contributed by atoms with Crippen molar-refractivity contribution in [2.24, 2.45) is 0 Å². The predicted octanol–water partition coefficient (Wildman–Crippen LogP) is 3.17. The zero-order valence-corrected chi connectivity index (χ0v) is 13.0. The molecule has 2 atom stereocenters. The number of carbonyl (C=O) groups excluding carboxylic acids is 1. The molecule has 2 N–H and O–H groups in total. The van der Waals surface area contributed by atoms with Crippen LogP contribution in [-0.4, -0.2) is 29.4 Å². The summed E-state index contributed by atoms with van der Waals surface area (Å²) in [5, 5.41) is 13.0. The molecule has 116 valence electrons. The normalized spacial score (nSPS) is 20.8. The highest BCUT2D eigenvalue weighted by Crippen LogP contribution is 2.47. The fraction of sp³-hybridized carbons (Fsp3) is 0.562. The highest BCUT2D eigenvalue weighted by atomic mass is 16.6. The number of aromatic hydroxyl groups is 1. The van der Waals surface area contributed by atoms with Crippen LogP contribution in [0, 0.1) is 0 Å². The van der Waals surface area contributed by atoms with Crippen LogP contribution in [-0.2, 0) is 4.74 Å².